The number of nitrogens with one attached hydrogen (secondary N) is 1. The standard InChI is InChI=1S/C20H26N4O/c1-3-18-17-12-21-13-19(14-7-6-10-16(11-14)25-2)22-20(17)24(23-18)15-8-4-5-9-15/h6-7,10-11,15,21H,3-5,8-9,12-13H2,1-2H3. The van der Waals surface area contributed by atoms with Gasteiger partial charge in [-0.05, 0) is 31.4 Å². The molecule has 0 atom stereocenters. The summed E-state index contributed by atoms with van der Waals surface area (Å²) in [7, 11) is 1.70. The van der Waals surface area contributed by atoms with Crippen LogP contribution in [0.3, 0.4) is 0 Å². The van der Waals surface area contributed by atoms with Crippen LogP contribution in [0.1, 0.15) is 55.5 Å². The minimum absolute atomic E-state index is 0.502. The summed E-state index contributed by atoms with van der Waals surface area (Å²) in [6, 6.07) is 8.65. The van der Waals surface area contributed by atoms with Gasteiger partial charge in [0.05, 0.1) is 24.6 Å². The number of nitrogens with zero attached hydrogens (tertiary/aromatic N) is 3. The quantitative estimate of drug-likeness (QED) is 0.923. The zero-order valence-electron chi connectivity index (χ0n) is 15.1. The van der Waals surface area contributed by atoms with Crippen molar-refractivity contribution in [2.75, 3.05) is 13.7 Å². The summed E-state index contributed by atoms with van der Waals surface area (Å²) in [5.41, 5.74) is 4.62. The highest BCUT2D eigenvalue weighted by atomic mass is 16.5. The summed E-state index contributed by atoms with van der Waals surface area (Å²) < 4.78 is 7.60. The van der Waals surface area contributed by atoms with E-state index < -0.39 is 0 Å². The number of hydrogen-bond acceptors (Lipinski definition) is 4. The Bertz CT molecular complexity index is 787. The molecule has 1 aromatic carbocycles. The largest absolute Gasteiger partial charge is 0.497 e. The Balaban J connectivity index is 1.80. The first-order valence-electron chi connectivity index (χ1n) is 9.33. The highest BCUT2D eigenvalue weighted by molar-refractivity contribution is 6.04. The van der Waals surface area contributed by atoms with Crippen LogP contribution in [0.2, 0.25) is 0 Å². The second-order valence-corrected chi connectivity index (χ2v) is 6.88. The van der Waals surface area contributed by atoms with Gasteiger partial charge >= 0.3 is 0 Å². The van der Waals surface area contributed by atoms with Gasteiger partial charge in [0.15, 0.2) is 5.82 Å². The Morgan fingerprint density at radius 3 is 2.84 bits per heavy atom. The Hall–Kier alpha value is -2.14. The molecule has 132 valence electrons. The van der Waals surface area contributed by atoms with E-state index in [0.29, 0.717) is 6.04 Å². The first-order valence-corrected chi connectivity index (χ1v) is 9.33. The van der Waals surface area contributed by atoms with Crippen LogP contribution in [0, 0.1) is 0 Å². The predicted molar refractivity (Wildman–Crippen MR) is 100 cm³/mol. The Morgan fingerprint density at radius 2 is 2.08 bits per heavy atom. The molecular weight excluding hydrogens is 312 g/mol. The fraction of sp³-hybridized carbons (Fsp3) is 0.500. The number of rotatable bonds is 4. The maximum Gasteiger partial charge on any atom is 0.155 e. The first-order chi connectivity index (χ1) is 12.3. The molecule has 1 aromatic heterocycles. The van der Waals surface area contributed by atoms with Crippen LogP contribution in [0.25, 0.3) is 0 Å². The number of methoxy groups -OCH3 is 1. The summed E-state index contributed by atoms with van der Waals surface area (Å²) >= 11 is 0. The highest BCUT2D eigenvalue weighted by Crippen LogP contribution is 2.36. The molecule has 2 aromatic rings. The van der Waals surface area contributed by atoms with Crippen LogP contribution in [-0.4, -0.2) is 29.1 Å². The number of aliphatic imine (C=N–C) groups is 1. The molecule has 0 bridgehead atoms. The molecular formula is C20H26N4O. The van der Waals surface area contributed by atoms with Gasteiger partial charge in [-0.25, -0.2) is 9.67 Å². The zero-order valence-corrected chi connectivity index (χ0v) is 15.1. The Labute approximate surface area is 149 Å². The van der Waals surface area contributed by atoms with Crippen molar-refractivity contribution >= 4 is 11.5 Å². The van der Waals surface area contributed by atoms with Crippen LogP contribution in [0.5, 0.6) is 5.75 Å². The lowest BCUT2D eigenvalue weighted by Crippen LogP contribution is -2.21. The lowest BCUT2D eigenvalue weighted by Gasteiger charge is -2.13. The van der Waals surface area contributed by atoms with Gasteiger partial charge in [0.25, 0.3) is 0 Å². The van der Waals surface area contributed by atoms with Crippen molar-refractivity contribution in [2.45, 2.75) is 51.6 Å². The van der Waals surface area contributed by atoms with Crippen LogP contribution >= 0.6 is 0 Å². The van der Waals surface area contributed by atoms with E-state index in [1.165, 1.54) is 36.9 Å². The molecule has 1 aliphatic carbocycles. The molecule has 25 heavy (non-hydrogen) atoms. The maximum absolute atomic E-state index is 5.38. The van der Waals surface area contributed by atoms with Gasteiger partial charge in [0.2, 0.25) is 0 Å². The third-order valence-electron chi connectivity index (χ3n) is 5.31. The molecule has 0 radical (unpaired) electrons. The fourth-order valence-corrected chi connectivity index (χ4v) is 3.93. The van der Waals surface area contributed by atoms with E-state index in [0.717, 1.165) is 42.4 Å². The number of hydrogen-bond donors (Lipinski definition) is 1. The molecule has 0 saturated heterocycles. The molecule has 1 fully saturated rings. The van der Waals surface area contributed by atoms with E-state index in [-0.39, 0.29) is 0 Å². The van der Waals surface area contributed by atoms with E-state index in [9.17, 15) is 0 Å². The molecule has 0 amide bonds. The minimum Gasteiger partial charge on any atom is -0.497 e. The summed E-state index contributed by atoms with van der Waals surface area (Å²) in [5, 5.41) is 8.48. The number of ether oxygens (including phenoxy) is 1. The van der Waals surface area contributed by atoms with Crippen molar-refractivity contribution in [1.82, 2.24) is 15.1 Å². The molecule has 0 spiro atoms. The SMILES string of the molecule is CCc1nn(C2CCCC2)c2c1CNCC(c1cccc(OC)c1)=N2. The second-order valence-electron chi connectivity index (χ2n) is 6.88. The van der Waals surface area contributed by atoms with Crippen molar-refractivity contribution in [3.8, 4) is 5.75 Å². The average Bonchev–Trinajstić information content (AvgIpc) is 3.24. The monoisotopic (exact) mass is 338 g/mol. The molecule has 0 unspecified atom stereocenters. The number of aromatic nitrogens is 2. The molecule has 5 heteroatoms. The fourth-order valence-electron chi connectivity index (χ4n) is 3.93. The van der Waals surface area contributed by atoms with Gasteiger partial charge in [-0.1, -0.05) is 31.9 Å². The van der Waals surface area contributed by atoms with Crippen molar-refractivity contribution in [1.29, 1.82) is 0 Å². The number of aryl methyl sites for hydroxylation is 1. The predicted octanol–water partition coefficient (Wildman–Crippen LogP) is 3.79. The molecule has 1 saturated carbocycles. The molecule has 2 aliphatic rings. The van der Waals surface area contributed by atoms with E-state index in [4.69, 9.17) is 14.8 Å². The van der Waals surface area contributed by atoms with E-state index in [1.54, 1.807) is 7.11 Å². The minimum atomic E-state index is 0.502. The van der Waals surface area contributed by atoms with Crippen LogP contribution < -0.4 is 10.1 Å². The summed E-state index contributed by atoms with van der Waals surface area (Å²) in [6.45, 7) is 3.77. The van der Waals surface area contributed by atoms with Crippen LogP contribution in [0.15, 0.2) is 29.3 Å². The first kappa shape index (κ1) is 16.3. The van der Waals surface area contributed by atoms with Crippen molar-refractivity contribution in [3.05, 3.63) is 41.1 Å². The molecule has 1 N–H and O–H groups in total. The van der Waals surface area contributed by atoms with Crippen LogP contribution in [-0.2, 0) is 13.0 Å². The van der Waals surface area contributed by atoms with Gasteiger partial charge in [-0.15, -0.1) is 0 Å². The average molecular weight is 338 g/mol. The summed E-state index contributed by atoms with van der Waals surface area (Å²) in [5.74, 6) is 1.93. The van der Waals surface area contributed by atoms with E-state index in [1.807, 2.05) is 12.1 Å². The van der Waals surface area contributed by atoms with E-state index in [2.05, 4.69) is 29.1 Å². The van der Waals surface area contributed by atoms with Crippen molar-refractivity contribution < 1.29 is 4.74 Å². The summed E-state index contributed by atoms with van der Waals surface area (Å²) in [4.78, 5) is 5.10. The van der Waals surface area contributed by atoms with Gasteiger partial charge in [0.1, 0.15) is 5.75 Å². The molecule has 5 nitrogen and oxygen atoms in total. The van der Waals surface area contributed by atoms with Gasteiger partial charge in [-0.2, -0.15) is 5.10 Å². The zero-order chi connectivity index (χ0) is 17.2. The lowest BCUT2D eigenvalue weighted by atomic mass is 10.1. The van der Waals surface area contributed by atoms with Gasteiger partial charge < -0.3 is 10.1 Å². The Morgan fingerprint density at radius 1 is 1.24 bits per heavy atom. The maximum atomic E-state index is 5.38. The van der Waals surface area contributed by atoms with Crippen molar-refractivity contribution in [2.24, 2.45) is 4.99 Å². The number of fused-ring (bicyclic) bond motifs is 1. The topological polar surface area (TPSA) is 51.4 Å². The second kappa shape index (κ2) is 7.00. The van der Waals surface area contributed by atoms with Gasteiger partial charge in [-0.3, -0.25) is 0 Å². The Kier molecular flexibility index (Phi) is 4.57. The highest BCUT2D eigenvalue weighted by Gasteiger charge is 2.26. The molecule has 2 heterocycles. The third kappa shape index (κ3) is 3.09. The summed E-state index contributed by atoms with van der Waals surface area (Å²) in [6.07, 6.45) is 5.98. The van der Waals surface area contributed by atoms with E-state index >= 15 is 0 Å². The van der Waals surface area contributed by atoms with Gasteiger partial charge in [0, 0.05) is 24.2 Å². The third-order valence-corrected chi connectivity index (χ3v) is 5.31. The molecule has 4 rings (SSSR count). The smallest absolute Gasteiger partial charge is 0.155 e. The van der Waals surface area contributed by atoms with Crippen LogP contribution in [0.4, 0.5) is 5.82 Å². The molecule has 1 aliphatic heterocycles. The number of benzene rings is 1. The normalized spacial score (nSPS) is 17.9. The lowest BCUT2D eigenvalue weighted by molar-refractivity contribution is 0.414. The van der Waals surface area contributed by atoms with Crippen molar-refractivity contribution in [3.63, 3.8) is 0 Å².